The van der Waals surface area contributed by atoms with Crippen LogP contribution in [-0.2, 0) is 9.47 Å². The molecule has 3 heteroatoms. The van der Waals surface area contributed by atoms with Gasteiger partial charge in [0, 0.05) is 19.7 Å². The third-order valence-corrected chi connectivity index (χ3v) is 5.42. The summed E-state index contributed by atoms with van der Waals surface area (Å²) < 4.78 is 12.0. The van der Waals surface area contributed by atoms with E-state index in [1.807, 2.05) is 0 Å². The highest BCUT2D eigenvalue weighted by molar-refractivity contribution is 4.91. The molecule has 0 aromatic heterocycles. The molecule has 19 heavy (non-hydrogen) atoms. The van der Waals surface area contributed by atoms with Crippen molar-refractivity contribution >= 4 is 0 Å². The summed E-state index contributed by atoms with van der Waals surface area (Å²) in [6.45, 7) is 5.26. The van der Waals surface area contributed by atoms with Crippen LogP contribution in [0.2, 0.25) is 0 Å². The Kier molecular flexibility index (Phi) is 4.45. The van der Waals surface area contributed by atoms with Crippen LogP contribution in [0.25, 0.3) is 0 Å². The second kappa shape index (κ2) is 6.11. The van der Waals surface area contributed by atoms with Gasteiger partial charge in [-0.3, -0.25) is 0 Å². The molecule has 3 rings (SSSR count). The Bertz CT molecular complexity index is 288. The highest BCUT2D eigenvalue weighted by Gasteiger charge is 2.40. The molecule has 110 valence electrons. The minimum atomic E-state index is 0.272. The van der Waals surface area contributed by atoms with Crippen LogP contribution in [-0.4, -0.2) is 37.5 Å². The van der Waals surface area contributed by atoms with E-state index in [9.17, 15) is 0 Å². The lowest BCUT2D eigenvalue weighted by Gasteiger charge is -2.33. The van der Waals surface area contributed by atoms with Crippen molar-refractivity contribution in [1.82, 2.24) is 5.32 Å². The fraction of sp³-hybridized carbons (Fsp3) is 1.00. The van der Waals surface area contributed by atoms with Crippen molar-refractivity contribution in [2.45, 2.75) is 76.1 Å². The number of rotatable bonds is 4. The molecule has 3 unspecified atom stereocenters. The average molecular weight is 267 g/mol. The monoisotopic (exact) mass is 267 g/mol. The zero-order chi connectivity index (χ0) is 13.1. The van der Waals surface area contributed by atoms with E-state index >= 15 is 0 Å². The smallest absolute Gasteiger partial charge is 0.0708 e. The lowest BCUT2D eigenvalue weighted by molar-refractivity contribution is -0.0625. The first kappa shape index (κ1) is 13.8. The minimum absolute atomic E-state index is 0.272. The van der Waals surface area contributed by atoms with E-state index < -0.39 is 0 Å². The first-order valence-electron chi connectivity index (χ1n) is 8.28. The minimum Gasteiger partial charge on any atom is -0.378 e. The zero-order valence-corrected chi connectivity index (χ0v) is 12.3. The van der Waals surface area contributed by atoms with Crippen LogP contribution in [0.3, 0.4) is 0 Å². The number of nitrogens with one attached hydrogen (secondary N) is 1. The topological polar surface area (TPSA) is 30.5 Å². The maximum absolute atomic E-state index is 6.39. The Balaban J connectivity index is 1.37. The molecule has 2 aliphatic heterocycles. The third-order valence-electron chi connectivity index (χ3n) is 5.42. The summed E-state index contributed by atoms with van der Waals surface area (Å²) in [7, 11) is 0. The van der Waals surface area contributed by atoms with E-state index in [1.165, 1.54) is 51.4 Å². The largest absolute Gasteiger partial charge is 0.378 e. The normalized spacial score (nSPS) is 38.1. The van der Waals surface area contributed by atoms with E-state index in [4.69, 9.17) is 9.47 Å². The van der Waals surface area contributed by atoms with E-state index in [1.54, 1.807) is 0 Å². The van der Waals surface area contributed by atoms with Gasteiger partial charge in [0.2, 0.25) is 0 Å². The van der Waals surface area contributed by atoms with Gasteiger partial charge >= 0.3 is 0 Å². The van der Waals surface area contributed by atoms with Crippen LogP contribution in [0.5, 0.6) is 0 Å². The van der Waals surface area contributed by atoms with Gasteiger partial charge in [-0.15, -0.1) is 0 Å². The fourth-order valence-corrected chi connectivity index (χ4v) is 4.08. The molecule has 1 saturated carbocycles. The molecule has 3 fully saturated rings. The van der Waals surface area contributed by atoms with Gasteiger partial charge in [-0.2, -0.15) is 0 Å². The highest BCUT2D eigenvalue weighted by atomic mass is 16.5. The lowest BCUT2D eigenvalue weighted by atomic mass is 9.83. The number of ether oxygens (including phenoxy) is 2. The molecular formula is C16H29NO2. The van der Waals surface area contributed by atoms with Crippen LogP contribution >= 0.6 is 0 Å². The van der Waals surface area contributed by atoms with Crippen LogP contribution in [0.4, 0.5) is 0 Å². The van der Waals surface area contributed by atoms with Gasteiger partial charge < -0.3 is 14.8 Å². The second-order valence-corrected chi connectivity index (χ2v) is 6.81. The standard InChI is InChI=1S/C16H29NO2/c1-13-14(6-10-18-13)11-17-12-15-5-9-16(19-15)7-3-2-4-8-16/h13-15,17H,2-12H2,1H3. The Labute approximate surface area is 117 Å². The van der Waals surface area contributed by atoms with E-state index in [0.717, 1.165) is 19.7 Å². The molecule has 2 saturated heterocycles. The van der Waals surface area contributed by atoms with Crippen molar-refractivity contribution in [1.29, 1.82) is 0 Å². The van der Waals surface area contributed by atoms with E-state index in [0.29, 0.717) is 18.1 Å². The van der Waals surface area contributed by atoms with Crippen LogP contribution in [0.1, 0.15) is 58.3 Å². The van der Waals surface area contributed by atoms with Gasteiger partial charge in [-0.25, -0.2) is 0 Å². The molecule has 2 heterocycles. The quantitative estimate of drug-likeness (QED) is 0.849. The van der Waals surface area contributed by atoms with Crippen LogP contribution in [0.15, 0.2) is 0 Å². The summed E-state index contributed by atoms with van der Waals surface area (Å²) in [6, 6.07) is 0. The van der Waals surface area contributed by atoms with Crippen molar-refractivity contribution in [3.05, 3.63) is 0 Å². The van der Waals surface area contributed by atoms with Gasteiger partial charge in [0.1, 0.15) is 0 Å². The summed E-state index contributed by atoms with van der Waals surface area (Å²) in [4.78, 5) is 0. The Hall–Kier alpha value is -0.120. The first-order valence-corrected chi connectivity index (χ1v) is 8.28. The van der Waals surface area contributed by atoms with Gasteiger partial charge in [0.05, 0.1) is 17.8 Å². The summed E-state index contributed by atoms with van der Waals surface area (Å²) >= 11 is 0. The molecule has 3 nitrogen and oxygen atoms in total. The highest BCUT2D eigenvalue weighted by Crippen LogP contribution is 2.41. The second-order valence-electron chi connectivity index (χ2n) is 6.81. The molecule has 1 spiro atoms. The predicted molar refractivity (Wildman–Crippen MR) is 76.3 cm³/mol. The molecule has 0 bridgehead atoms. The van der Waals surface area contributed by atoms with Crippen molar-refractivity contribution < 1.29 is 9.47 Å². The molecule has 0 amide bonds. The van der Waals surface area contributed by atoms with Crippen LogP contribution < -0.4 is 5.32 Å². The molecule has 1 N–H and O–H groups in total. The summed E-state index contributed by atoms with van der Waals surface area (Å²) in [6.07, 6.45) is 11.4. The summed E-state index contributed by atoms with van der Waals surface area (Å²) in [5.41, 5.74) is 0.272. The Morgan fingerprint density at radius 1 is 1.05 bits per heavy atom. The van der Waals surface area contributed by atoms with Crippen molar-refractivity contribution in [3.8, 4) is 0 Å². The molecule has 0 radical (unpaired) electrons. The van der Waals surface area contributed by atoms with Crippen LogP contribution in [0, 0.1) is 5.92 Å². The maximum atomic E-state index is 6.39. The Morgan fingerprint density at radius 3 is 2.63 bits per heavy atom. The SMILES string of the molecule is CC1OCCC1CNCC1CCC2(CCCCC2)O1. The molecule has 0 aromatic carbocycles. The number of hydrogen-bond donors (Lipinski definition) is 1. The van der Waals surface area contributed by atoms with E-state index in [-0.39, 0.29) is 5.60 Å². The molecular weight excluding hydrogens is 238 g/mol. The predicted octanol–water partition coefficient (Wildman–Crippen LogP) is 2.88. The fourth-order valence-electron chi connectivity index (χ4n) is 4.08. The number of hydrogen-bond acceptors (Lipinski definition) is 3. The molecule has 0 aromatic rings. The van der Waals surface area contributed by atoms with Gasteiger partial charge in [0.15, 0.2) is 0 Å². The van der Waals surface area contributed by atoms with Crippen molar-refractivity contribution in [2.75, 3.05) is 19.7 Å². The van der Waals surface area contributed by atoms with Gasteiger partial charge in [-0.1, -0.05) is 19.3 Å². The van der Waals surface area contributed by atoms with Gasteiger partial charge in [-0.05, 0) is 44.9 Å². The molecule has 3 atom stereocenters. The van der Waals surface area contributed by atoms with Crippen molar-refractivity contribution in [3.63, 3.8) is 0 Å². The molecule has 1 aliphatic carbocycles. The van der Waals surface area contributed by atoms with E-state index in [2.05, 4.69) is 12.2 Å². The Morgan fingerprint density at radius 2 is 1.89 bits per heavy atom. The van der Waals surface area contributed by atoms with Gasteiger partial charge in [0.25, 0.3) is 0 Å². The lowest BCUT2D eigenvalue weighted by Crippen LogP contribution is -2.36. The van der Waals surface area contributed by atoms with Crippen molar-refractivity contribution in [2.24, 2.45) is 5.92 Å². The average Bonchev–Trinajstić information content (AvgIpc) is 2.99. The maximum Gasteiger partial charge on any atom is 0.0708 e. The zero-order valence-electron chi connectivity index (χ0n) is 12.3. The summed E-state index contributed by atoms with van der Waals surface area (Å²) in [5, 5.41) is 3.62. The molecule has 3 aliphatic rings. The summed E-state index contributed by atoms with van der Waals surface area (Å²) in [5.74, 6) is 0.699. The first-order chi connectivity index (χ1) is 9.27. The third kappa shape index (κ3) is 3.32.